The van der Waals surface area contributed by atoms with E-state index < -0.39 is 18.6 Å². The summed E-state index contributed by atoms with van der Waals surface area (Å²) in [5, 5.41) is 2.89. The second-order valence-corrected chi connectivity index (χ2v) is 7.12. The Morgan fingerprint density at radius 2 is 1.80 bits per heavy atom. The molecule has 10 heteroatoms. The smallest absolute Gasteiger partial charge is 0.347 e. The molecular weight excluding hydrogens is 510 g/mol. The molecule has 1 aliphatic heterocycles. The molecule has 170 valence electrons. The van der Waals surface area contributed by atoms with E-state index >= 15 is 0 Å². The van der Waals surface area contributed by atoms with Crippen LogP contribution in [-0.4, -0.2) is 86.1 Å². The quantitative estimate of drug-likeness (QED) is 0.342. The number of rotatable bonds is 6. The van der Waals surface area contributed by atoms with Gasteiger partial charge in [0.05, 0.1) is 6.54 Å². The number of benzene rings is 1. The van der Waals surface area contributed by atoms with Crippen molar-refractivity contribution in [2.75, 3.05) is 53.4 Å². The molecule has 1 fully saturated rings. The Bertz CT molecular complexity index is 679. The monoisotopic (exact) mass is 541 g/mol. The summed E-state index contributed by atoms with van der Waals surface area (Å²) < 4.78 is 37.3. The lowest BCUT2D eigenvalue weighted by atomic mass is 10.0. The first-order chi connectivity index (χ1) is 13.7. The molecule has 0 spiro atoms. The van der Waals surface area contributed by atoms with Gasteiger partial charge in [0.2, 0.25) is 5.91 Å². The number of alkyl halides is 3. The van der Waals surface area contributed by atoms with E-state index in [9.17, 15) is 18.0 Å². The number of hydrogen-bond acceptors (Lipinski definition) is 3. The van der Waals surface area contributed by atoms with E-state index in [1.807, 2.05) is 23.1 Å². The van der Waals surface area contributed by atoms with Crippen molar-refractivity contribution in [1.82, 2.24) is 20.0 Å². The molecule has 1 aliphatic rings. The maximum Gasteiger partial charge on any atom is 0.406 e. The normalized spacial score (nSPS) is 16.6. The fourth-order valence-electron chi connectivity index (χ4n) is 3.60. The van der Waals surface area contributed by atoms with Gasteiger partial charge in [-0.15, -0.1) is 24.0 Å². The van der Waals surface area contributed by atoms with Gasteiger partial charge in [0.15, 0.2) is 5.96 Å². The number of halogens is 4. The Labute approximate surface area is 193 Å². The first-order valence-corrected chi connectivity index (χ1v) is 9.80. The fourth-order valence-corrected chi connectivity index (χ4v) is 3.60. The van der Waals surface area contributed by atoms with Gasteiger partial charge in [-0.05, 0) is 12.0 Å². The predicted octanol–water partition coefficient (Wildman–Crippen LogP) is 2.97. The number of amides is 1. The minimum absolute atomic E-state index is 0. The molecule has 0 aromatic heterocycles. The molecule has 0 radical (unpaired) electrons. The highest BCUT2D eigenvalue weighted by molar-refractivity contribution is 14.0. The summed E-state index contributed by atoms with van der Waals surface area (Å²) in [6, 6.07) is 10.7. The average Bonchev–Trinajstić information content (AvgIpc) is 2.69. The predicted molar refractivity (Wildman–Crippen MR) is 123 cm³/mol. The molecule has 0 saturated carbocycles. The molecule has 1 N–H and O–H groups in total. The molecular formula is C20H31F3IN5O. The van der Waals surface area contributed by atoms with Crippen LogP contribution in [0.3, 0.4) is 0 Å². The van der Waals surface area contributed by atoms with Crippen molar-refractivity contribution < 1.29 is 18.0 Å². The molecule has 1 unspecified atom stereocenters. The van der Waals surface area contributed by atoms with Gasteiger partial charge >= 0.3 is 6.18 Å². The molecule has 1 aromatic carbocycles. The number of hydrogen-bond donors (Lipinski definition) is 1. The highest BCUT2D eigenvalue weighted by Crippen LogP contribution is 2.25. The molecule has 1 heterocycles. The summed E-state index contributed by atoms with van der Waals surface area (Å²) in [4.78, 5) is 21.3. The van der Waals surface area contributed by atoms with E-state index in [1.165, 1.54) is 5.56 Å². The first-order valence-electron chi connectivity index (χ1n) is 9.80. The number of piperazine rings is 1. The van der Waals surface area contributed by atoms with Crippen LogP contribution in [-0.2, 0) is 4.79 Å². The average molecular weight is 541 g/mol. The first kappa shape index (κ1) is 26.5. The maximum atomic E-state index is 12.4. The molecule has 2 rings (SSSR count). The minimum atomic E-state index is -4.41. The highest BCUT2D eigenvalue weighted by Gasteiger charge is 2.31. The minimum Gasteiger partial charge on any atom is -0.347 e. The summed E-state index contributed by atoms with van der Waals surface area (Å²) in [6.45, 7) is 3.84. The van der Waals surface area contributed by atoms with Gasteiger partial charge in [-0.1, -0.05) is 37.3 Å². The summed E-state index contributed by atoms with van der Waals surface area (Å²) in [5.74, 6) is -0.0941. The maximum absolute atomic E-state index is 12.4. The Hall–Kier alpha value is -1.56. The summed E-state index contributed by atoms with van der Waals surface area (Å²) >= 11 is 0. The molecule has 1 saturated heterocycles. The van der Waals surface area contributed by atoms with Crippen LogP contribution in [0.25, 0.3) is 0 Å². The number of nitrogens with one attached hydrogen (secondary N) is 1. The van der Waals surface area contributed by atoms with Crippen molar-refractivity contribution in [3.05, 3.63) is 35.9 Å². The van der Waals surface area contributed by atoms with Crippen molar-refractivity contribution in [2.24, 2.45) is 4.99 Å². The van der Waals surface area contributed by atoms with Crippen LogP contribution >= 0.6 is 24.0 Å². The van der Waals surface area contributed by atoms with Gasteiger partial charge in [-0.3, -0.25) is 14.7 Å². The van der Waals surface area contributed by atoms with Gasteiger partial charge in [-0.25, -0.2) is 0 Å². The summed E-state index contributed by atoms with van der Waals surface area (Å²) in [6.07, 6.45) is -3.39. The van der Waals surface area contributed by atoms with Gasteiger partial charge in [0.25, 0.3) is 0 Å². The van der Waals surface area contributed by atoms with Crippen LogP contribution in [0.4, 0.5) is 13.2 Å². The molecule has 1 atom stereocenters. The van der Waals surface area contributed by atoms with E-state index in [0.29, 0.717) is 16.9 Å². The largest absolute Gasteiger partial charge is 0.406 e. The van der Waals surface area contributed by atoms with Crippen molar-refractivity contribution >= 4 is 35.8 Å². The van der Waals surface area contributed by atoms with Gasteiger partial charge in [0.1, 0.15) is 6.54 Å². The zero-order valence-electron chi connectivity index (χ0n) is 17.7. The van der Waals surface area contributed by atoms with Crippen LogP contribution in [0.5, 0.6) is 0 Å². The van der Waals surface area contributed by atoms with Crippen molar-refractivity contribution in [2.45, 2.75) is 25.6 Å². The third-order valence-corrected chi connectivity index (χ3v) is 5.08. The number of carbonyl (C=O) groups is 1. The van der Waals surface area contributed by atoms with E-state index in [-0.39, 0.29) is 30.5 Å². The molecule has 1 aromatic rings. The van der Waals surface area contributed by atoms with Gasteiger partial charge < -0.3 is 15.1 Å². The topological polar surface area (TPSA) is 51.2 Å². The van der Waals surface area contributed by atoms with Crippen molar-refractivity contribution in [3.8, 4) is 0 Å². The Morgan fingerprint density at radius 1 is 1.20 bits per heavy atom. The van der Waals surface area contributed by atoms with Gasteiger partial charge in [0, 0.05) is 46.3 Å². The van der Waals surface area contributed by atoms with Gasteiger partial charge in [-0.2, -0.15) is 13.2 Å². The summed E-state index contributed by atoms with van der Waals surface area (Å²) in [7, 11) is 2.75. The Kier molecular flexibility index (Phi) is 10.9. The third-order valence-electron chi connectivity index (χ3n) is 5.08. The Morgan fingerprint density at radius 3 is 2.30 bits per heavy atom. The zero-order valence-corrected chi connectivity index (χ0v) is 20.0. The zero-order chi connectivity index (χ0) is 21.4. The standard InChI is InChI=1S/C20H30F3N5O.HI/c1-4-17(16-8-6-5-7-9-16)27-10-12-28(13-11-27)19(24-2)25-14-18(29)26(3)15-20(21,22)23;/h5-9,17H,4,10-15H2,1-3H3,(H,24,25);1H. The van der Waals surface area contributed by atoms with Crippen LogP contribution in [0.15, 0.2) is 35.3 Å². The van der Waals surface area contributed by atoms with E-state index in [4.69, 9.17) is 0 Å². The third kappa shape index (κ3) is 7.93. The van der Waals surface area contributed by atoms with E-state index in [1.54, 1.807) is 7.05 Å². The number of nitrogens with zero attached hydrogens (tertiary/aromatic N) is 4. The lowest BCUT2D eigenvalue weighted by Crippen LogP contribution is -2.54. The lowest BCUT2D eigenvalue weighted by molar-refractivity contribution is -0.157. The van der Waals surface area contributed by atoms with Crippen LogP contribution in [0.2, 0.25) is 0 Å². The van der Waals surface area contributed by atoms with E-state index in [2.05, 4.69) is 34.3 Å². The number of aliphatic imine (C=N–C) groups is 1. The van der Waals surface area contributed by atoms with Crippen LogP contribution in [0.1, 0.15) is 24.9 Å². The molecule has 0 bridgehead atoms. The molecule has 30 heavy (non-hydrogen) atoms. The molecule has 6 nitrogen and oxygen atoms in total. The van der Waals surface area contributed by atoms with Crippen LogP contribution in [0, 0.1) is 0 Å². The lowest BCUT2D eigenvalue weighted by Gasteiger charge is -2.40. The SMILES string of the molecule is CCC(c1ccccc1)N1CCN(C(=NC)NCC(=O)N(C)CC(F)(F)F)CC1.I. The fraction of sp³-hybridized carbons (Fsp3) is 0.600. The van der Waals surface area contributed by atoms with Crippen LogP contribution < -0.4 is 5.32 Å². The number of likely N-dealkylation sites (N-methyl/N-ethyl adjacent to an activating group) is 1. The van der Waals surface area contributed by atoms with Crippen molar-refractivity contribution in [3.63, 3.8) is 0 Å². The second-order valence-electron chi connectivity index (χ2n) is 7.12. The highest BCUT2D eigenvalue weighted by atomic mass is 127. The van der Waals surface area contributed by atoms with Crippen molar-refractivity contribution in [1.29, 1.82) is 0 Å². The second kappa shape index (κ2) is 12.3. The van der Waals surface area contributed by atoms with E-state index in [0.717, 1.165) is 39.6 Å². The molecule has 1 amide bonds. The number of guanidine groups is 1. The summed E-state index contributed by atoms with van der Waals surface area (Å²) in [5.41, 5.74) is 1.30. The molecule has 0 aliphatic carbocycles. The Balaban J connectivity index is 0.00000450. The number of carbonyl (C=O) groups excluding carboxylic acids is 1.